The van der Waals surface area contributed by atoms with Gasteiger partial charge in [0.05, 0.1) is 13.7 Å². The fourth-order valence-corrected chi connectivity index (χ4v) is 5.17. The first-order valence-corrected chi connectivity index (χ1v) is 11.9. The molecule has 0 bridgehead atoms. The molecule has 5 heteroatoms. The summed E-state index contributed by atoms with van der Waals surface area (Å²) in [7, 11) is 4.05. The van der Waals surface area contributed by atoms with E-state index in [1.807, 2.05) is 6.92 Å². The molecule has 0 aliphatic carbocycles. The molecule has 3 heterocycles. The van der Waals surface area contributed by atoms with E-state index in [0.29, 0.717) is 0 Å². The molecule has 2 aliphatic rings. The Balaban J connectivity index is 1.25. The molecular weight excluding hydrogens is 386 g/mol. The van der Waals surface area contributed by atoms with E-state index in [0.717, 1.165) is 42.8 Å². The SMILES string of the molecule is COc1ccc(CN(C)CC2CCN(Cc3ccc(C)o3)CC2)cc1CN1CCCC1. The number of rotatable bonds is 9. The number of ether oxygens (including phenoxy) is 1. The maximum atomic E-state index is 5.75. The van der Waals surface area contributed by atoms with Crippen LogP contribution >= 0.6 is 0 Å². The van der Waals surface area contributed by atoms with Crippen molar-refractivity contribution in [1.29, 1.82) is 0 Å². The van der Waals surface area contributed by atoms with Crippen molar-refractivity contribution in [3.63, 3.8) is 0 Å². The van der Waals surface area contributed by atoms with E-state index in [1.54, 1.807) is 7.11 Å². The predicted octanol–water partition coefficient (Wildman–Crippen LogP) is 4.54. The van der Waals surface area contributed by atoms with E-state index in [1.165, 1.54) is 69.5 Å². The number of benzene rings is 1. The smallest absolute Gasteiger partial charge is 0.123 e. The van der Waals surface area contributed by atoms with Crippen molar-refractivity contribution in [2.75, 3.05) is 46.9 Å². The molecule has 0 spiro atoms. The number of piperidine rings is 1. The van der Waals surface area contributed by atoms with Crippen LogP contribution in [0.25, 0.3) is 0 Å². The molecule has 1 aromatic heterocycles. The quantitative estimate of drug-likeness (QED) is 0.589. The van der Waals surface area contributed by atoms with Crippen molar-refractivity contribution >= 4 is 0 Å². The van der Waals surface area contributed by atoms with Gasteiger partial charge in [0.1, 0.15) is 17.3 Å². The van der Waals surface area contributed by atoms with Gasteiger partial charge in [-0.3, -0.25) is 9.80 Å². The lowest BCUT2D eigenvalue weighted by molar-refractivity contribution is 0.140. The summed E-state index contributed by atoms with van der Waals surface area (Å²) in [6.07, 6.45) is 5.19. The second-order valence-electron chi connectivity index (χ2n) is 9.56. The molecule has 0 radical (unpaired) electrons. The highest BCUT2D eigenvalue weighted by Gasteiger charge is 2.21. The molecule has 170 valence electrons. The third-order valence-corrected chi connectivity index (χ3v) is 6.84. The maximum Gasteiger partial charge on any atom is 0.123 e. The number of methoxy groups -OCH3 is 1. The summed E-state index contributed by atoms with van der Waals surface area (Å²) in [6, 6.07) is 10.9. The van der Waals surface area contributed by atoms with E-state index >= 15 is 0 Å². The van der Waals surface area contributed by atoms with Crippen LogP contribution < -0.4 is 4.74 Å². The van der Waals surface area contributed by atoms with Gasteiger partial charge in [-0.2, -0.15) is 0 Å². The molecule has 4 rings (SSSR count). The first-order valence-electron chi connectivity index (χ1n) is 11.9. The van der Waals surface area contributed by atoms with Crippen molar-refractivity contribution in [3.05, 3.63) is 53.0 Å². The van der Waals surface area contributed by atoms with E-state index in [4.69, 9.17) is 9.15 Å². The fraction of sp³-hybridized carbons (Fsp3) is 0.615. The van der Waals surface area contributed by atoms with Crippen LogP contribution in [0.4, 0.5) is 0 Å². The van der Waals surface area contributed by atoms with E-state index in [9.17, 15) is 0 Å². The molecule has 2 aromatic rings. The highest BCUT2D eigenvalue weighted by molar-refractivity contribution is 5.37. The van der Waals surface area contributed by atoms with Crippen LogP contribution in [0.15, 0.2) is 34.7 Å². The zero-order chi connectivity index (χ0) is 21.6. The summed E-state index contributed by atoms with van der Waals surface area (Å²) in [5.41, 5.74) is 2.72. The lowest BCUT2D eigenvalue weighted by atomic mass is 9.96. The largest absolute Gasteiger partial charge is 0.496 e. The molecule has 2 fully saturated rings. The van der Waals surface area contributed by atoms with Crippen molar-refractivity contribution in [2.24, 2.45) is 5.92 Å². The van der Waals surface area contributed by atoms with E-state index in [2.05, 4.69) is 52.1 Å². The molecule has 0 atom stereocenters. The van der Waals surface area contributed by atoms with E-state index < -0.39 is 0 Å². The van der Waals surface area contributed by atoms with Crippen LogP contribution in [0, 0.1) is 12.8 Å². The standard InChI is InChI=1S/C26H39N3O2/c1-21-6-8-25(31-21)20-29-14-10-22(11-15-29)17-27(2)18-23-7-9-26(30-3)24(16-23)19-28-12-4-5-13-28/h6-9,16,22H,4-5,10-15,17-20H2,1-3H3. The number of aryl methyl sites for hydroxylation is 1. The Morgan fingerprint density at radius 1 is 1.00 bits per heavy atom. The van der Waals surface area contributed by atoms with Crippen LogP contribution in [-0.2, 0) is 19.6 Å². The Bertz CT molecular complexity index is 820. The van der Waals surface area contributed by atoms with Crippen molar-refractivity contribution < 1.29 is 9.15 Å². The summed E-state index contributed by atoms with van der Waals surface area (Å²) < 4.78 is 11.4. The van der Waals surface area contributed by atoms with Crippen molar-refractivity contribution in [3.8, 4) is 5.75 Å². The van der Waals surface area contributed by atoms with Gasteiger partial charge in [-0.25, -0.2) is 0 Å². The van der Waals surface area contributed by atoms with Crippen LogP contribution in [0.5, 0.6) is 5.75 Å². The summed E-state index contributed by atoms with van der Waals surface area (Å²) in [5.74, 6) is 3.91. The lowest BCUT2D eigenvalue weighted by Gasteiger charge is -2.33. The minimum absolute atomic E-state index is 0.780. The second kappa shape index (κ2) is 10.7. The molecule has 1 aromatic carbocycles. The number of hydrogen-bond acceptors (Lipinski definition) is 5. The topological polar surface area (TPSA) is 32.1 Å². The summed E-state index contributed by atoms with van der Waals surface area (Å²) in [5, 5.41) is 0. The first kappa shape index (κ1) is 22.4. The van der Waals surface area contributed by atoms with Gasteiger partial charge in [0.2, 0.25) is 0 Å². The Morgan fingerprint density at radius 3 is 2.42 bits per heavy atom. The van der Waals surface area contributed by atoms with Gasteiger partial charge in [-0.05, 0) is 102 Å². The van der Waals surface area contributed by atoms with Gasteiger partial charge < -0.3 is 14.1 Å². The first-order chi connectivity index (χ1) is 15.1. The zero-order valence-electron chi connectivity index (χ0n) is 19.6. The molecule has 2 aliphatic heterocycles. The van der Waals surface area contributed by atoms with Gasteiger partial charge in [0.15, 0.2) is 0 Å². The number of hydrogen-bond donors (Lipinski definition) is 0. The zero-order valence-corrected chi connectivity index (χ0v) is 19.6. The van der Waals surface area contributed by atoms with Gasteiger partial charge in [0, 0.05) is 25.2 Å². The fourth-order valence-electron chi connectivity index (χ4n) is 5.17. The van der Waals surface area contributed by atoms with Crippen molar-refractivity contribution in [1.82, 2.24) is 14.7 Å². The summed E-state index contributed by atoms with van der Waals surface area (Å²) >= 11 is 0. The number of furan rings is 1. The van der Waals surface area contributed by atoms with Crippen LogP contribution in [0.2, 0.25) is 0 Å². The summed E-state index contributed by atoms with van der Waals surface area (Å²) in [4.78, 5) is 7.57. The molecule has 0 N–H and O–H groups in total. The average molecular weight is 426 g/mol. The van der Waals surface area contributed by atoms with Crippen molar-refractivity contribution in [2.45, 2.75) is 52.2 Å². The van der Waals surface area contributed by atoms with Gasteiger partial charge in [0.25, 0.3) is 0 Å². The maximum absolute atomic E-state index is 5.75. The van der Waals surface area contributed by atoms with Crippen LogP contribution in [0.1, 0.15) is 48.3 Å². The lowest BCUT2D eigenvalue weighted by Crippen LogP contribution is -2.37. The highest BCUT2D eigenvalue weighted by atomic mass is 16.5. The monoisotopic (exact) mass is 425 g/mol. The van der Waals surface area contributed by atoms with Gasteiger partial charge >= 0.3 is 0 Å². The minimum Gasteiger partial charge on any atom is -0.496 e. The average Bonchev–Trinajstić information content (AvgIpc) is 3.41. The molecule has 0 saturated carbocycles. The van der Waals surface area contributed by atoms with Crippen LogP contribution in [0.3, 0.4) is 0 Å². The molecule has 0 unspecified atom stereocenters. The number of nitrogens with zero attached hydrogens (tertiary/aromatic N) is 3. The minimum atomic E-state index is 0.780. The highest BCUT2D eigenvalue weighted by Crippen LogP contribution is 2.25. The molecular formula is C26H39N3O2. The summed E-state index contributed by atoms with van der Waals surface area (Å²) in [6.45, 7) is 10.9. The van der Waals surface area contributed by atoms with Crippen LogP contribution in [-0.4, -0.2) is 61.6 Å². The molecule has 0 amide bonds. The third-order valence-electron chi connectivity index (χ3n) is 6.84. The Kier molecular flexibility index (Phi) is 7.70. The number of likely N-dealkylation sites (tertiary alicyclic amines) is 2. The molecule has 31 heavy (non-hydrogen) atoms. The van der Waals surface area contributed by atoms with E-state index in [-0.39, 0.29) is 0 Å². The third kappa shape index (κ3) is 6.34. The van der Waals surface area contributed by atoms with Gasteiger partial charge in [-0.15, -0.1) is 0 Å². The second-order valence-corrected chi connectivity index (χ2v) is 9.56. The molecule has 2 saturated heterocycles. The Morgan fingerprint density at radius 2 is 1.74 bits per heavy atom. The normalized spacial score (nSPS) is 18.8. The Hall–Kier alpha value is -1.82. The Labute approximate surface area is 188 Å². The molecule has 5 nitrogen and oxygen atoms in total. The predicted molar refractivity (Wildman–Crippen MR) is 125 cm³/mol. The van der Waals surface area contributed by atoms with Gasteiger partial charge in [-0.1, -0.05) is 6.07 Å².